The van der Waals surface area contributed by atoms with Crippen molar-refractivity contribution in [3.8, 4) is 0 Å². The van der Waals surface area contributed by atoms with Gasteiger partial charge >= 0.3 is 0 Å². The van der Waals surface area contributed by atoms with Gasteiger partial charge in [-0.1, -0.05) is 59.1 Å². The van der Waals surface area contributed by atoms with Crippen molar-refractivity contribution in [3.05, 3.63) is 125 Å². The van der Waals surface area contributed by atoms with Gasteiger partial charge in [-0.15, -0.1) is 0 Å². The molecule has 2 aliphatic heterocycles. The molecule has 0 saturated carbocycles. The third-order valence-electron chi connectivity index (χ3n) is 8.64. The number of benzene rings is 3. The molecule has 1 aromatic heterocycles. The van der Waals surface area contributed by atoms with E-state index in [1.165, 1.54) is 8.61 Å². The van der Waals surface area contributed by atoms with Crippen molar-refractivity contribution in [2.45, 2.75) is 54.6 Å². The normalized spacial score (nSPS) is 23.3. The number of aryl methyl sites for hydroxylation is 2. The van der Waals surface area contributed by atoms with E-state index >= 15 is 0 Å². The minimum Gasteiger partial charge on any atom is -0.299 e. The molecular weight excluding hydrogens is 618 g/mol. The smallest absolute Gasteiger partial charge is 0.243 e. The molecule has 0 unspecified atom stereocenters. The molecule has 0 aliphatic carbocycles. The first-order valence-electron chi connectivity index (χ1n) is 14.3. The molecule has 0 bridgehead atoms. The van der Waals surface area contributed by atoms with E-state index in [1.54, 1.807) is 97.3 Å². The quantitative estimate of drug-likeness (QED) is 0.259. The summed E-state index contributed by atoms with van der Waals surface area (Å²) in [7, 11) is -8.20. The van der Waals surface area contributed by atoms with Gasteiger partial charge in [0, 0.05) is 42.3 Å². The summed E-state index contributed by atoms with van der Waals surface area (Å²) in [5.41, 5.74) is 3.10. The zero-order valence-corrected chi connectivity index (χ0v) is 26.6. The summed E-state index contributed by atoms with van der Waals surface area (Å²) in [6.45, 7) is 3.59. The van der Waals surface area contributed by atoms with E-state index in [2.05, 4.69) is 4.98 Å². The number of Topliss-reactive ketones (excluding diaryl/α,β-unsaturated/α-hetero) is 1. The van der Waals surface area contributed by atoms with Crippen molar-refractivity contribution in [1.82, 2.24) is 13.6 Å². The Kier molecular flexibility index (Phi) is 8.23. The molecule has 4 atom stereocenters. The van der Waals surface area contributed by atoms with E-state index < -0.39 is 44.1 Å². The highest BCUT2D eigenvalue weighted by molar-refractivity contribution is 7.89. The summed E-state index contributed by atoms with van der Waals surface area (Å²) in [5.74, 6) is -1.05. The zero-order chi connectivity index (χ0) is 31.2. The lowest BCUT2D eigenvalue weighted by molar-refractivity contribution is -0.132. The van der Waals surface area contributed by atoms with Crippen LogP contribution in [0.5, 0.6) is 0 Å². The zero-order valence-electron chi connectivity index (χ0n) is 24.2. The van der Waals surface area contributed by atoms with Crippen molar-refractivity contribution in [2.24, 2.45) is 5.92 Å². The van der Waals surface area contributed by atoms with Crippen LogP contribution in [0.25, 0.3) is 0 Å². The van der Waals surface area contributed by atoms with Crippen molar-refractivity contribution < 1.29 is 21.6 Å². The van der Waals surface area contributed by atoms with Gasteiger partial charge in [-0.05, 0) is 79.9 Å². The topological polar surface area (TPSA) is 105 Å². The molecule has 0 spiro atoms. The Morgan fingerprint density at radius 2 is 1.34 bits per heavy atom. The first kappa shape index (κ1) is 30.6. The van der Waals surface area contributed by atoms with Crippen LogP contribution in [0, 0.1) is 19.8 Å². The molecule has 228 valence electrons. The SMILES string of the molecule is Cc1ccc(S(=O)(=O)N2C[C@H]3C(=O)C[C@@H](c4ccncc4)N(S(=O)(=O)c4ccc(C)cc4)[C@H]3C[C@H]2c2cccc(Cl)c2)cc1. The van der Waals surface area contributed by atoms with Crippen molar-refractivity contribution in [3.63, 3.8) is 0 Å². The number of fused-ring (bicyclic) bond motifs is 1. The average Bonchev–Trinajstić information content (AvgIpc) is 3.01. The van der Waals surface area contributed by atoms with Crippen molar-refractivity contribution in [1.29, 1.82) is 0 Å². The second kappa shape index (κ2) is 11.8. The predicted molar refractivity (Wildman–Crippen MR) is 168 cm³/mol. The monoisotopic (exact) mass is 649 g/mol. The van der Waals surface area contributed by atoms with Crippen LogP contribution in [-0.4, -0.2) is 48.8 Å². The molecule has 6 rings (SSSR count). The molecule has 0 radical (unpaired) electrons. The van der Waals surface area contributed by atoms with Gasteiger partial charge in [0.25, 0.3) is 0 Å². The number of piperidine rings is 2. The van der Waals surface area contributed by atoms with Crippen molar-refractivity contribution >= 4 is 37.4 Å². The van der Waals surface area contributed by atoms with Gasteiger partial charge in [-0.2, -0.15) is 8.61 Å². The Labute approximate surface area is 263 Å². The Morgan fingerprint density at radius 3 is 1.93 bits per heavy atom. The summed E-state index contributed by atoms with van der Waals surface area (Å²) in [4.78, 5) is 18.2. The largest absolute Gasteiger partial charge is 0.299 e. The molecule has 0 N–H and O–H groups in total. The first-order chi connectivity index (χ1) is 21.0. The number of hydrogen-bond acceptors (Lipinski definition) is 6. The van der Waals surface area contributed by atoms with Crippen LogP contribution in [-0.2, 0) is 24.8 Å². The lowest BCUT2D eigenvalue weighted by Gasteiger charge is -2.51. The van der Waals surface area contributed by atoms with Gasteiger partial charge in [0.05, 0.1) is 21.9 Å². The number of hydrogen-bond donors (Lipinski definition) is 0. The Morgan fingerprint density at radius 1 is 0.750 bits per heavy atom. The Balaban J connectivity index is 1.51. The van der Waals surface area contributed by atoms with Gasteiger partial charge in [0.1, 0.15) is 5.78 Å². The molecule has 2 aliphatic rings. The van der Waals surface area contributed by atoms with Gasteiger partial charge in [-0.25, -0.2) is 16.8 Å². The van der Waals surface area contributed by atoms with Crippen LogP contribution in [0.4, 0.5) is 0 Å². The number of carbonyl (C=O) groups is 1. The number of sulfonamides is 2. The summed E-state index contributed by atoms with van der Waals surface area (Å²) in [6.07, 6.45) is 3.13. The lowest BCUT2D eigenvalue weighted by atomic mass is 9.78. The highest BCUT2D eigenvalue weighted by atomic mass is 35.5. The molecule has 2 saturated heterocycles. The highest BCUT2D eigenvalue weighted by Crippen LogP contribution is 2.48. The fourth-order valence-corrected chi connectivity index (χ4v) is 10.1. The number of rotatable bonds is 6. The van der Waals surface area contributed by atoms with E-state index in [1.807, 2.05) is 13.8 Å². The Hall–Kier alpha value is -3.41. The number of carbonyl (C=O) groups excluding carboxylic acids is 1. The molecule has 11 heteroatoms. The molecule has 3 heterocycles. The number of pyridine rings is 1. The molecule has 4 aromatic rings. The summed E-state index contributed by atoms with van der Waals surface area (Å²) < 4.78 is 60.3. The summed E-state index contributed by atoms with van der Waals surface area (Å²) >= 11 is 6.38. The van der Waals surface area contributed by atoms with E-state index in [0.29, 0.717) is 16.1 Å². The second-order valence-electron chi connectivity index (χ2n) is 11.5. The molecular formula is C33H32ClN3O5S2. The standard InChI is InChI=1S/C33H32ClN3O5S2/c1-22-6-10-27(11-7-22)43(39,40)36-21-29-32(19-30(36)25-4-3-5-26(34)18-25)37(44(41,42)28-12-8-23(2)9-13-28)31(20-33(29)38)24-14-16-35-17-15-24/h3-18,29-32H,19-21H2,1-2H3/t29-,30+,31+,32+/m1/s1. The molecule has 8 nitrogen and oxygen atoms in total. The Bertz CT molecular complexity index is 1900. The third kappa shape index (κ3) is 5.61. The highest BCUT2D eigenvalue weighted by Gasteiger charge is 2.54. The van der Waals surface area contributed by atoms with Crippen LogP contribution in [0.1, 0.15) is 47.2 Å². The fourth-order valence-electron chi connectivity index (χ4n) is 6.37. The minimum atomic E-state index is -4.13. The van der Waals surface area contributed by atoms with E-state index in [4.69, 9.17) is 11.6 Å². The van der Waals surface area contributed by atoms with Crippen LogP contribution in [0.2, 0.25) is 5.02 Å². The van der Waals surface area contributed by atoms with Gasteiger partial charge in [0.2, 0.25) is 20.0 Å². The summed E-state index contributed by atoms with van der Waals surface area (Å²) in [6, 6.07) is 21.2. The number of nitrogens with zero attached hydrogens (tertiary/aromatic N) is 3. The molecule has 0 amide bonds. The van der Waals surface area contributed by atoms with Gasteiger partial charge in [0.15, 0.2) is 0 Å². The maximum atomic E-state index is 14.5. The number of aromatic nitrogens is 1. The van der Waals surface area contributed by atoms with Crippen LogP contribution < -0.4 is 0 Å². The molecule has 44 heavy (non-hydrogen) atoms. The maximum Gasteiger partial charge on any atom is 0.243 e. The maximum absolute atomic E-state index is 14.5. The van der Waals surface area contributed by atoms with Gasteiger partial charge < -0.3 is 0 Å². The number of ketones is 1. The minimum absolute atomic E-state index is 0.0640. The van der Waals surface area contributed by atoms with E-state index in [9.17, 15) is 21.6 Å². The lowest BCUT2D eigenvalue weighted by Crippen LogP contribution is -2.60. The van der Waals surface area contributed by atoms with Gasteiger partial charge in [-0.3, -0.25) is 9.78 Å². The van der Waals surface area contributed by atoms with Crippen LogP contribution in [0.15, 0.2) is 107 Å². The predicted octanol–water partition coefficient (Wildman–Crippen LogP) is 5.88. The van der Waals surface area contributed by atoms with E-state index in [-0.39, 0.29) is 35.0 Å². The van der Waals surface area contributed by atoms with Crippen LogP contribution >= 0.6 is 11.6 Å². The van der Waals surface area contributed by atoms with Crippen molar-refractivity contribution in [2.75, 3.05) is 6.54 Å². The molecule has 2 fully saturated rings. The molecule has 3 aromatic carbocycles. The third-order valence-corrected chi connectivity index (χ3v) is 12.7. The average molecular weight is 650 g/mol. The number of halogens is 1. The summed E-state index contributed by atoms with van der Waals surface area (Å²) in [5, 5.41) is 0.427. The van der Waals surface area contributed by atoms with E-state index in [0.717, 1.165) is 11.1 Å². The second-order valence-corrected chi connectivity index (χ2v) is 15.7. The van der Waals surface area contributed by atoms with Crippen LogP contribution in [0.3, 0.4) is 0 Å². The fraction of sp³-hybridized carbons (Fsp3) is 0.273. The first-order valence-corrected chi connectivity index (χ1v) is 17.6.